The molecule has 0 aliphatic carbocycles. The first-order valence-corrected chi connectivity index (χ1v) is 10.4. The number of aromatic nitrogens is 4. The summed E-state index contributed by atoms with van der Waals surface area (Å²) in [6.45, 7) is 0.687. The van der Waals surface area contributed by atoms with Crippen LogP contribution in [0.2, 0.25) is 5.02 Å². The minimum absolute atomic E-state index is 0.348. The third kappa shape index (κ3) is 4.01. The Morgan fingerprint density at radius 2 is 1.83 bits per heavy atom. The highest BCUT2D eigenvalue weighted by atomic mass is 35.5. The predicted molar refractivity (Wildman–Crippen MR) is 119 cm³/mol. The van der Waals surface area contributed by atoms with Crippen LogP contribution in [-0.4, -0.2) is 33.7 Å². The second kappa shape index (κ2) is 8.81. The fraction of sp³-hybridized carbons (Fsp3) is 0.190. The lowest BCUT2D eigenvalue weighted by molar-refractivity contribution is 0.394. The van der Waals surface area contributed by atoms with E-state index in [2.05, 4.69) is 22.1 Å². The van der Waals surface area contributed by atoms with Crippen molar-refractivity contribution < 1.29 is 9.47 Å². The van der Waals surface area contributed by atoms with Crippen molar-refractivity contribution in [3.63, 3.8) is 0 Å². The zero-order valence-electron chi connectivity index (χ0n) is 16.5. The van der Waals surface area contributed by atoms with E-state index in [-0.39, 0.29) is 0 Å². The lowest BCUT2D eigenvalue weighted by Gasteiger charge is -2.13. The van der Waals surface area contributed by atoms with E-state index in [0.29, 0.717) is 40.0 Å². The standard InChI is InChI=1S/C21H20ClN5O2S/c1-28-15-11-17(16(29-2)10-14(15)22)30-21-26-18-19(23)24-12-25-20(18)27(21)9-8-13-6-4-3-5-7-13/h3-7,10-12H,8-9H2,1-2H3,(H2,23,24,25). The van der Waals surface area contributed by atoms with Crippen LogP contribution in [0.25, 0.3) is 11.2 Å². The van der Waals surface area contributed by atoms with Gasteiger partial charge in [-0.25, -0.2) is 15.0 Å². The molecule has 4 rings (SSSR count). The highest BCUT2D eigenvalue weighted by molar-refractivity contribution is 7.99. The molecule has 0 amide bonds. The molecule has 0 spiro atoms. The van der Waals surface area contributed by atoms with Gasteiger partial charge in [0.2, 0.25) is 0 Å². The van der Waals surface area contributed by atoms with Crippen molar-refractivity contribution >= 4 is 40.3 Å². The van der Waals surface area contributed by atoms with E-state index in [0.717, 1.165) is 16.5 Å². The van der Waals surface area contributed by atoms with Crippen LogP contribution in [-0.2, 0) is 13.0 Å². The van der Waals surface area contributed by atoms with Crippen molar-refractivity contribution in [2.75, 3.05) is 20.0 Å². The minimum Gasteiger partial charge on any atom is -0.496 e. The molecule has 0 fully saturated rings. The van der Waals surface area contributed by atoms with Gasteiger partial charge < -0.3 is 19.8 Å². The topological polar surface area (TPSA) is 88.1 Å². The van der Waals surface area contributed by atoms with Crippen LogP contribution in [0.4, 0.5) is 5.82 Å². The normalized spacial score (nSPS) is 11.0. The van der Waals surface area contributed by atoms with Crippen molar-refractivity contribution in [3.05, 3.63) is 59.4 Å². The maximum Gasteiger partial charge on any atom is 0.175 e. The Morgan fingerprint density at radius 1 is 1.07 bits per heavy atom. The highest BCUT2D eigenvalue weighted by Crippen LogP contribution is 2.41. The minimum atomic E-state index is 0.348. The number of fused-ring (bicyclic) bond motifs is 1. The number of nitrogens with two attached hydrogens (primary N) is 1. The first-order chi connectivity index (χ1) is 14.6. The van der Waals surface area contributed by atoms with Crippen LogP contribution < -0.4 is 15.2 Å². The molecule has 30 heavy (non-hydrogen) atoms. The Balaban J connectivity index is 1.76. The molecule has 154 valence electrons. The number of aryl methyl sites for hydroxylation is 2. The molecule has 0 bridgehead atoms. The van der Waals surface area contributed by atoms with E-state index in [1.54, 1.807) is 20.3 Å². The fourth-order valence-electron chi connectivity index (χ4n) is 3.11. The zero-order chi connectivity index (χ0) is 21.1. The molecule has 0 saturated heterocycles. The summed E-state index contributed by atoms with van der Waals surface area (Å²) in [5.74, 6) is 1.54. The smallest absolute Gasteiger partial charge is 0.175 e. The molecule has 0 atom stereocenters. The first kappa shape index (κ1) is 20.3. The van der Waals surface area contributed by atoms with Gasteiger partial charge in [0, 0.05) is 12.6 Å². The van der Waals surface area contributed by atoms with Gasteiger partial charge in [-0.05, 0) is 29.8 Å². The first-order valence-electron chi connectivity index (χ1n) is 9.20. The van der Waals surface area contributed by atoms with Crippen molar-refractivity contribution in [3.8, 4) is 11.5 Å². The molecule has 0 saturated carbocycles. The maximum absolute atomic E-state index is 6.25. The Bertz CT molecular complexity index is 1180. The molecule has 9 heteroatoms. The maximum atomic E-state index is 6.25. The Kier molecular flexibility index (Phi) is 5.96. The zero-order valence-corrected chi connectivity index (χ0v) is 18.1. The van der Waals surface area contributed by atoms with E-state index in [1.165, 1.54) is 23.7 Å². The van der Waals surface area contributed by atoms with Crippen LogP contribution >= 0.6 is 23.4 Å². The number of benzene rings is 2. The summed E-state index contributed by atoms with van der Waals surface area (Å²) in [4.78, 5) is 14.0. The molecule has 7 nitrogen and oxygen atoms in total. The molecule has 4 aromatic rings. The molecule has 2 aromatic heterocycles. The average molecular weight is 442 g/mol. The number of ether oxygens (including phenoxy) is 2. The van der Waals surface area contributed by atoms with E-state index in [9.17, 15) is 0 Å². The van der Waals surface area contributed by atoms with Crippen LogP contribution in [0.3, 0.4) is 0 Å². The van der Waals surface area contributed by atoms with Gasteiger partial charge in [0.25, 0.3) is 0 Å². The number of nitrogen functional groups attached to an aromatic ring is 1. The molecule has 0 aliphatic heterocycles. The number of hydrogen-bond donors (Lipinski definition) is 1. The lowest BCUT2D eigenvalue weighted by atomic mass is 10.1. The number of halogens is 1. The molecule has 0 aliphatic rings. The van der Waals surface area contributed by atoms with E-state index < -0.39 is 0 Å². The van der Waals surface area contributed by atoms with E-state index >= 15 is 0 Å². The van der Waals surface area contributed by atoms with Gasteiger partial charge in [-0.2, -0.15) is 0 Å². The number of nitrogens with zero attached hydrogens (tertiary/aromatic N) is 4. The van der Waals surface area contributed by atoms with Crippen molar-refractivity contribution in [2.24, 2.45) is 0 Å². The van der Waals surface area contributed by atoms with Gasteiger partial charge in [-0.1, -0.05) is 41.9 Å². The highest BCUT2D eigenvalue weighted by Gasteiger charge is 2.19. The molecule has 0 radical (unpaired) electrons. The Hall–Kier alpha value is -2.97. The summed E-state index contributed by atoms with van der Waals surface area (Å²) in [5.41, 5.74) is 8.56. The van der Waals surface area contributed by atoms with Crippen molar-refractivity contribution in [1.29, 1.82) is 0 Å². The summed E-state index contributed by atoms with van der Waals surface area (Å²) in [5, 5.41) is 1.21. The number of anilines is 1. The summed E-state index contributed by atoms with van der Waals surface area (Å²) in [6, 6.07) is 13.8. The van der Waals surface area contributed by atoms with E-state index in [4.69, 9.17) is 31.8 Å². The van der Waals surface area contributed by atoms with Gasteiger partial charge in [0.05, 0.1) is 24.1 Å². The number of imidazole rings is 1. The van der Waals surface area contributed by atoms with Gasteiger partial charge in [0.15, 0.2) is 22.1 Å². The molecular formula is C21H20ClN5O2S. The molecule has 2 heterocycles. The van der Waals surface area contributed by atoms with Crippen LogP contribution in [0.1, 0.15) is 5.56 Å². The Morgan fingerprint density at radius 3 is 2.57 bits per heavy atom. The molecule has 2 N–H and O–H groups in total. The predicted octanol–water partition coefficient (Wildman–Crippen LogP) is 4.47. The largest absolute Gasteiger partial charge is 0.496 e. The van der Waals surface area contributed by atoms with Gasteiger partial charge in [-0.15, -0.1) is 0 Å². The second-order valence-electron chi connectivity index (χ2n) is 6.45. The molecular weight excluding hydrogens is 422 g/mol. The van der Waals surface area contributed by atoms with Gasteiger partial charge >= 0.3 is 0 Å². The summed E-state index contributed by atoms with van der Waals surface area (Å²) >= 11 is 7.69. The van der Waals surface area contributed by atoms with Crippen molar-refractivity contribution in [1.82, 2.24) is 19.5 Å². The van der Waals surface area contributed by atoms with Crippen LogP contribution in [0.15, 0.2) is 58.8 Å². The quantitative estimate of drug-likeness (QED) is 0.452. The number of hydrogen-bond acceptors (Lipinski definition) is 7. The Labute approximate surface area is 183 Å². The van der Waals surface area contributed by atoms with E-state index in [1.807, 2.05) is 28.8 Å². The monoisotopic (exact) mass is 441 g/mol. The average Bonchev–Trinajstić information content (AvgIpc) is 3.12. The summed E-state index contributed by atoms with van der Waals surface area (Å²) in [7, 11) is 3.18. The number of methoxy groups -OCH3 is 2. The summed E-state index contributed by atoms with van der Waals surface area (Å²) < 4.78 is 12.9. The van der Waals surface area contributed by atoms with Crippen molar-refractivity contribution in [2.45, 2.75) is 23.0 Å². The second-order valence-corrected chi connectivity index (χ2v) is 7.87. The van der Waals surface area contributed by atoms with Crippen LogP contribution in [0, 0.1) is 0 Å². The molecule has 2 aromatic carbocycles. The summed E-state index contributed by atoms with van der Waals surface area (Å²) in [6.07, 6.45) is 2.28. The van der Waals surface area contributed by atoms with Gasteiger partial charge in [0.1, 0.15) is 17.8 Å². The SMILES string of the molecule is COc1cc(Sc2nc3c(N)ncnc3n2CCc2ccccc2)c(OC)cc1Cl. The van der Waals surface area contributed by atoms with Gasteiger partial charge in [-0.3, -0.25) is 0 Å². The lowest BCUT2D eigenvalue weighted by Crippen LogP contribution is -2.04. The fourth-order valence-corrected chi connectivity index (χ4v) is 4.37. The molecule has 0 unspecified atom stereocenters. The number of rotatable bonds is 7. The van der Waals surface area contributed by atoms with Crippen LogP contribution in [0.5, 0.6) is 11.5 Å². The third-order valence-corrected chi connectivity index (χ3v) is 5.96. The third-order valence-electron chi connectivity index (χ3n) is 4.63.